The maximum atomic E-state index is 15.5. The summed E-state index contributed by atoms with van der Waals surface area (Å²) in [7, 11) is 0. The summed E-state index contributed by atoms with van der Waals surface area (Å²) in [6.07, 6.45) is 9.76. The molecule has 1 unspecified atom stereocenters. The molecule has 0 N–H and O–H groups in total. The molecule has 0 spiro atoms. The molecule has 234 valence electrons. The Morgan fingerprint density at radius 3 is 2.24 bits per heavy atom. The summed E-state index contributed by atoms with van der Waals surface area (Å²) in [5.41, 5.74) is 5.23. The Kier molecular flexibility index (Phi) is 9.31. The highest BCUT2D eigenvalue weighted by molar-refractivity contribution is 5.89. The number of alkyl halides is 3. The first-order valence-electron chi connectivity index (χ1n) is 16.4. The van der Waals surface area contributed by atoms with Crippen LogP contribution in [0.1, 0.15) is 81.4 Å². The maximum absolute atomic E-state index is 15.5. The van der Waals surface area contributed by atoms with Crippen molar-refractivity contribution in [3.8, 4) is 34.1 Å². The van der Waals surface area contributed by atoms with Crippen molar-refractivity contribution in [2.75, 3.05) is 0 Å². The SMILES string of the molecule is CCCCCC1CCC(C2CCc3cc(-c4ccc(-c5ccc6c(F)c(C#CC(F)(F)F)ccc6c5)c(F)c4)ccc3C2)CC1. The first-order chi connectivity index (χ1) is 21.7. The van der Waals surface area contributed by atoms with Crippen LogP contribution in [-0.4, -0.2) is 6.18 Å². The van der Waals surface area contributed by atoms with E-state index in [0.29, 0.717) is 16.5 Å². The fourth-order valence-electron chi connectivity index (χ4n) is 7.62. The van der Waals surface area contributed by atoms with Gasteiger partial charge in [-0.2, -0.15) is 13.2 Å². The van der Waals surface area contributed by atoms with Gasteiger partial charge >= 0.3 is 6.18 Å². The molecule has 2 aliphatic carbocycles. The van der Waals surface area contributed by atoms with Crippen molar-refractivity contribution in [1.82, 2.24) is 0 Å². The minimum atomic E-state index is -4.70. The van der Waals surface area contributed by atoms with Gasteiger partial charge in [-0.25, -0.2) is 8.78 Å². The first kappa shape index (κ1) is 31.3. The van der Waals surface area contributed by atoms with E-state index in [1.165, 1.54) is 87.1 Å². The molecule has 0 heterocycles. The van der Waals surface area contributed by atoms with E-state index in [0.717, 1.165) is 47.6 Å². The number of fused-ring (bicyclic) bond motifs is 2. The van der Waals surface area contributed by atoms with Crippen LogP contribution < -0.4 is 0 Å². The molecule has 4 aromatic rings. The molecule has 0 saturated heterocycles. The molecule has 1 atom stereocenters. The highest BCUT2D eigenvalue weighted by atomic mass is 19.4. The van der Waals surface area contributed by atoms with E-state index in [1.54, 1.807) is 24.3 Å². The summed E-state index contributed by atoms with van der Waals surface area (Å²) in [6, 6.07) is 19.2. The second-order valence-electron chi connectivity index (χ2n) is 13.1. The molecule has 5 heteroatoms. The fourth-order valence-corrected chi connectivity index (χ4v) is 7.62. The van der Waals surface area contributed by atoms with E-state index >= 15 is 4.39 Å². The number of hydrogen-bond donors (Lipinski definition) is 0. The Morgan fingerprint density at radius 1 is 0.733 bits per heavy atom. The van der Waals surface area contributed by atoms with E-state index in [1.807, 2.05) is 12.0 Å². The van der Waals surface area contributed by atoms with Gasteiger partial charge in [0.05, 0.1) is 5.56 Å². The van der Waals surface area contributed by atoms with E-state index in [2.05, 4.69) is 25.1 Å². The molecule has 0 aliphatic heterocycles. The third kappa shape index (κ3) is 7.27. The topological polar surface area (TPSA) is 0 Å². The number of hydrogen-bond acceptors (Lipinski definition) is 0. The molecule has 0 bridgehead atoms. The van der Waals surface area contributed by atoms with Crippen molar-refractivity contribution in [3.63, 3.8) is 0 Å². The predicted octanol–water partition coefficient (Wildman–Crippen LogP) is 11.9. The number of halogens is 5. The number of benzene rings is 4. The molecule has 0 nitrogen and oxygen atoms in total. The lowest BCUT2D eigenvalue weighted by Crippen LogP contribution is -2.26. The Labute approximate surface area is 263 Å². The summed E-state index contributed by atoms with van der Waals surface area (Å²) in [4.78, 5) is 0. The van der Waals surface area contributed by atoms with Gasteiger partial charge in [0, 0.05) is 16.9 Å². The van der Waals surface area contributed by atoms with Crippen molar-refractivity contribution in [2.24, 2.45) is 17.8 Å². The number of aryl methyl sites for hydroxylation is 1. The lowest BCUT2D eigenvalue weighted by molar-refractivity contribution is -0.0696. The lowest BCUT2D eigenvalue weighted by Gasteiger charge is -2.36. The van der Waals surface area contributed by atoms with E-state index in [-0.39, 0.29) is 16.8 Å². The van der Waals surface area contributed by atoms with Gasteiger partial charge in [-0.1, -0.05) is 99.9 Å². The molecular weight excluding hydrogens is 575 g/mol. The first-order valence-corrected chi connectivity index (χ1v) is 16.4. The van der Waals surface area contributed by atoms with Crippen LogP contribution in [0.25, 0.3) is 33.0 Å². The Bertz CT molecular complexity index is 1730. The minimum Gasteiger partial charge on any atom is -0.206 e. The van der Waals surface area contributed by atoms with Gasteiger partial charge in [-0.3, -0.25) is 0 Å². The quantitative estimate of drug-likeness (QED) is 0.110. The maximum Gasteiger partial charge on any atom is 0.458 e. The largest absolute Gasteiger partial charge is 0.458 e. The normalized spacial score (nSPS) is 20.0. The molecule has 2 aliphatic rings. The molecule has 4 aromatic carbocycles. The van der Waals surface area contributed by atoms with Gasteiger partial charge in [0.1, 0.15) is 11.6 Å². The lowest BCUT2D eigenvalue weighted by atomic mass is 9.69. The highest BCUT2D eigenvalue weighted by Crippen LogP contribution is 2.41. The highest BCUT2D eigenvalue weighted by Gasteiger charge is 2.30. The van der Waals surface area contributed by atoms with Gasteiger partial charge in [0.15, 0.2) is 0 Å². The van der Waals surface area contributed by atoms with Crippen LogP contribution >= 0.6 is 0 Å². The van der Waals surface area contributed by atoms with Crippen molar-refractivity contribution < 1.29 is 22.0 Å². The van der Waals surface area contributed by atoms with Gasteiger partial charge in [0.2, 0.25) is 0 Å². The van der Waals surface area contributed by atoms with Gasteiger partial charge < -0.3 is 0 Å². The van der Waals surface area contributed by atoms with Crippen molar-refractivity contribution >= 4 is 10.8 Å². The van der Waals surface area contributed by atoms with E-state index < -0.39 is 12.0 Å². The summed E-state index contributed by atoms with van der Waals surface area (Å²) in [6.45, 7) is 2.28. The second-order valence-corrected chi connectivity index (χ2v) is 13.1. The molecule has 0 amide bonds. The standard InChI is InChI=1S/C40H39F5/c1-2-3-4-5-26-6-8-27(9-7-26)29-11-12-31-23-32(14-13-30(31)22-29)33-16-18-36(38(41)25-33)34-17-19-37-35(24-34)15-10-28(39(37)42)20-21-40(43,44)45/h10,13-19,23-27,29H,2-9,11-12,22H2,1H3. The van der Waals surface area contributed by atoms with Crippen molar-refractivity contribution in [1.29, 1.82) is 0 Å². The summed E-state index contributed by atoms with van der Waals surface area (Å²) in [5, 5.41) is 0.593. The fraction of sp³-hybridized carbons (Fsp3) is 0.400. The molecule has 1 saturated carbocycles. The molecular formula is C40H39F5. The number of rotatable bonds is 7. The Balaban J connectivity index is 1.14. The zero-order valence-corrected chi connectivity index (χ0v) is 25.8. The van der Waals surface area contributed by atoms with Gasteiger partial charge in [0.25, 0.3) is 0 Å². The van der Waals surface area contributed by atoms with Crippen LogP contribution in [0.15, 0.2) is 66.7 Å². The van der Waals surface area contributed by atoms with Crippen LogP contribution in [0.2, 0.25) is 0 Å². The zero-order valence-electron chi connectivity index (χ0n) is 25.8. The summed E-state index contributed by atoms with van der Waals surface area (Å²) >= 11 is 0. The Morgan fingerprint density at radius 2 is 1.49 bits per heavy atom. The van der Waals surface area contributed by atoms with Crippen LogP contribution in [0.3, 0.4) is 0 Å². The summed E-state index contributed by atoms with van der Waals surface area (Å²) < 4.78 is 67.7. The number of unbranched alkanes of at least 4 members (excludes halogenated alkanes) is 2. The van der Waals surface area contributed by atoms with Gasteiger partial charge in [-0.05, 0) is 101 Å². The van der Waals surface area contributed by atoms with E-state index in [4.69, 9.17) is 0 Å². The van der Waals surface area contributed by atoms with Crippen LogP contribution in [0.5, 0.6) is 0 Å². The average molecular weight is 615 g/mol. The van der Waals surface area contributed by atoms with E-state index in [9.17, 15) is 17.6 Å². The third-order valence-electron chi connectivity index (χ3n) is 10.2. The van der Waals surface area contributed by atoms with Crippen LogP contribution in [0.4, 0.5) is 22.0 Å². The average Bonchev–Trinajstić information content (AvgIpc) is 3.04. The van der Waals surface area contributed by atoms with Crippen molar-refractivity contribution in [3.05, 3.63) is 95.1 Å². The second kappa shape index (κ2) is 13.4. The minimum absolute atomic E-state index is 0.135. The Hall–Kier alpha value is -3.65. The molecule has 45 heavy (non-hydrogen) atoms. The molecule has 1 fully saturated rings. The molecule has 0 aromatic heterocycles. The monoisotopic (exact) mass is 614 g/mol. The van der Waals surface area contributed by atoms with Crippen LogP contribution in [0, 0.1) is 41.2 Å². The third-order valence-corrected chi connectivity index (χ3v) is 10.2. The zero-order chi connectivity index (χ0) is 31.6. The summed E-state index contributed by atoms with van der Waals surface area (Å²) in [5.74, 6) is 4.31. The van der Waals surface area contributed by atoms with Gasteiger partial charge in [-0.15, -0.1) is 0 Å². The molecule has 6 rings (SSSR count). The predicted molar refractivity (Wildman–Crippen MR) is 173 cm³/mol. The van der Waals surface area contributed by atoms with Crippen LogP contribution in [-0.2, 0) is 12.8 Å². The van der Waals surface area contributed by atoms with Crippen molar-refractivity contribution in [2.45, 2.75) is 83.7 Å². The smallest absolute Gasteiger partial charge is 0.206 e. The molecule has 0 radical (unpaired) electrons.